The largest absolute Gasteiger partial charge is 0.497 e. The van der Waals surface area contributed by atoms with E-state index in [9.17, 15) is 0 Å². The first kappa shape index (κ1) is 17.6. The van der Waals surface area contributed by atoms with E-state index in [2.05, 4.69) is 42.2 Å². The number of fused-ring (bicyclic) bond motifs is 7. The highest BCUT2D eigenvalue weighted by Gasteiger charge is 2.37. The molecule has 1 fully saturated rings. The minimum atomic E-state index is 0.514. The Morgan fingerprint density at radius 3 is 2.29 bits per heavy atom. The van der Waals surface area contributed by atoms with Crippen LogP contribution >= 0.6 is 0 Å². The van der Waals surface area contributed by atoms with E-state index in [1.165, 1.54) is 52.1 Å². The fourth-order valence-electron chi connectivity index (χ4n) is 5.47. The van der Waals surface area contributed by atoms with Crippen LogP contribution in [0, 0.1) is 0 Å². The van der Waals surface area contributed by atoms with Crippen molar-refractivity contribution in [3.05, 3.63) is 41.5 Å². The molecule has 4 heteroatoms. The summed E-state index contributed by atoms with van der Waals surface area (Å²) in [6, 6.07) is 11.4. The molecule has 0 N–H and O–H groups in total. The van der Waals surface area contributed by atoms with E-state index in [0.717, 1.165) is 23.8 Å². The van der Waals surface area contributed by atoms with Crippen LogP contribution < -0.4 is 14.2 Å². The van der Waals surface area contributed by atoms with Gasteiger partial charge in [0, 0.05) is 12.6 Å². The van der Waals surface area contributed by atoms with Crippen LogP contribution in [0.4, 0.5) is 0 Å². The highest BCUT2D eigenvalue weighted by molar-refractivity contribution is 6.12. The molecule has 2 aliphatic rings. The van der Waals surface area contributed by atoms with E-state index in [1.807, 2.05) is 0 Å². The molecule has 0 spiro atoms. The van der Waals surface area contributed by atoms with Crippen molar-refractivity contribution < 1.29 is 14.2 Å². The Balaban J connectivity index is 1.91. The molecule has 2 aliphatic heterocycles. The number of hydrogen-bond donors (Lipinski definition) is 0. The van der Waals surface area contributed by atoms with Crippen molar-refractivity contribution >= 4 is 21.5 Å². The van der Waals surface area contributed by atoms with E-state index >= 15 is 0 Å². The average molecular weight is 377 g/mol. The van der Waals surface area contributed by atoms with E-state index in [0.29, 0.717) is 12.0 Å². The van der Waals surface area contributed by atoms with Crippen molar-refractivity contribution in [2.24, 2.45) is 0 Å². The third-order valence-corrected chi connectivity index (χ3v) is 6.79. The molecule has 0 amide bonds. The van der Waals surface area contributed by atoms with Gasteiger partial charge in [-0.25, -0.2) is 0 Å². The van der Waals surface area contributed by atoms with Crippen LogP contribution in [-0.2, 0) is 6.54 Å². The Morgan fingerprint density at radius 1 is 0.857 bits per heavy atom. The minimum absolute atomic E-state index is 0.514. The lowest BCUT2D eigenvalue weighted by Gasteiger charge is -2.38. The topological polar surface area (TPSA) is 30.9 Å². The first-order chi connectivity index (χ1) is 13.7. The molecular formula is C24H27NO3. The standard InChI is InChI=1S/C24H27NO3/c1-14-21-6-5-9-25(21)13-20-19-12-23(28-4)22(27-3)11-18(19)17-10-15(26-2)7-8-16(17)24(14)20/h7-8,10-12,14,21H,5-6,9,13H2,1-4H3. The summed E-state index contributed by atoms with van der Waals surface area (Å²) in [6.45, 7) is 4.61. The lowest BCUT2D eigenvalue weighted by atomic mass is 9.79. The predicted molar refractivity (Wildman–Crippen MR) is 113 cm³/mol. The number of hydrogen-bond acceptors (Lipinski definition) is 4. The molecule has 3 aromatic carbocycles. The van der Waals surface area contributed by atoms with E-state index in [4.69, 9.17) is 14.2 Å². The highest BCUT2D eigenvalue weighted by atomic mass is 16.5. The van der Waals surface area contributed by atoms with Crippen LogP contribution in [0.25, 0.3) is 21.5 Å². The second kappa shape index (κ2) is 6.56. The monoisotopic (exact) mass is 377 g/mol. The van der Waals surface area contributed by atoms with E-state index in [1.54, 1.807) is 21.3 Å². The number of nitrogens with zero attached hydrogens (tertiary/aromatic N) is 1. The van der Waals surface area contributed by atoms with Crippen molar-refractivity contribution in [1.29, 1.82) is 0 Å². The molecule has 5 rings (SSSR count). The van der Waals surface area contributed by atoms with Gasteiger partial charge in [0.2, 0.25) is 0 Å². The predicted octanol–water partition coefficient (Wildman–Crippen LogP) is 5.10. The summed E-state index contributed by atoms with van der Waals surface area (Å²) in [6.07, 6.45) is 2.59. The Labute approximate surface area is 166 Å². The van der Waals surface area contributed by atoms with Crippen molar-refractivity contribution in [2.75, 3.05) is 27.9 Å². The maximum absolute atomic E-state index is 5.64. The van der Waals surface area contributed by atoms with Crippen LogP contribution in [0.1, 0.15) is 36.8 Å². The summed E-state index contributed by atoms with van der Waals surface area (Å²) in [5, 5.41) is 5.04. The number of benzene rings is 3. The van der Waals surface area contributed by atoms with Gasteiger partial charge in [-0.1, -0.05) is 13.0 Å². The summed E-state index contributed by atoms with van der Waals surface area (Å²) in [4.78, 5) is 2.67. The zero-order chi connectivity index (χ0) is 19.4. The Kier molecular flexibility index (Phi) is 4.13. The normalized spacial score (nSPS) is 21.6. The lowest BCUT2D eigenvalue weighted by molar-refractivity contribution is 0.204. The van der Waals surface area contributed by atoms with Gasteiger partial charge in [-0.15, -0.1) is 0 Å². The second-order valence-corrected chi connectivity index (χ2v) is 8.03. The van der Waals surface area contributed by atoms with Crippen molar-refractivity contribution in [2.45, 2.75) is 38.3 Å². The Bertz CT molecular complexity index is 1070. The van der Waals surface area contributed by atoms with Gasteiger partial charge in [0.15, 0.2) is 11.5 Å². The molecule has 28 heavy (non-hydrogen) atoms. The minimum Gasteiger partial charge on any atom is -0.497 e. The summed E-state index contributed by atoms with van der Waals surface area (Å²) in [5.41, 5.74) is 2.94. The van der Waals surface area contributed by atoms with Gasteiger partial charge in [-0.05, 0) is 82.2 Å². The van der Waals surface area contributed by atoms with Gasteiger partial charge in [0.1, 0.15) is 5.75 Å². The first-order valence-corrected chi connectivity index (χ1v) is 10.1. The zero-order valence-corrected chi connectivity index (χ0v) is 17.0. The number of methoxy groups -OCH3 is 3. The molecule has 4 nitrogen and oxygen atoms in total. The molecule has 3 aromatic rings. The molecule has 0 radical (unpaired) electrons. The van der Waals surface area contributed by atoms with Gasteiger partial charge in [0.25, 0.3) is 0 Å². The van der Waals surface area contributed by atoms with Crippen LogP contribution in [0.2, 0.25) is 0 Å². The maximum Gasteiger partial charge on any atom is 0.161 e. The smallest absolute Gasteiger partial charge is 0.161 e. The maximum atomic E-state index is 5.64. The summed E-state index contributed by atoms with van der Waals surface area (Å²) in [7, 11) is 5.13. The third kappa shape index (κ3) is 2.40. The third-order valence-electron chi connectivity index (χ3n) is 6.79. The van der Waals surface area contributed by atoms with Crippen molar-refractivity contribution in [3.8, 4) is 17.2 Å². The molecule has 0 saturated carbocycles. The SMILES string of the molecule is COc1ccc2c3c(c4cc(OC)c(OC)cc4c2c1)CN1CCCC1C3C. The first-order valence-electron chi connectivity index (χ1n) is 10.1. The van der Waals surface area contributed by atoms with Gasteiger partial charge >= 0.3 is 0 Å². The molecular weight excluding hydrogens is 350 g/mol. The number of ether oxygens (including phenoxy) is 3. The Hall–Kier alpha value is -2.46. The second-order valence-electron chi connectivity index (χ2n) is 8.03. The quantitative estimate of drug-likeness (QED) is 0.594. The molecule has 2 atom stereocenters. The van der Waals surface area contributed by atoms with Crippen LogP contribution in [0.3, 0.4) is 0 Å². The van der Waals surface area contributed by atoms with Crippen molar-refractivity contribution in [3.63, 3.8) is 0 Å². The summed E-state index contributed by atoms with van der Waals surface area (Å²) >= 11 is 0. The average Bonchev–Trinajstić information content (AvgIpc) is 3.21. The molecule has 2 heterocycles. The van der Waals surface area contributed by atoms with Gasteiger partial charge in [-0.3, -0.25) is 4.90 Å². The van der Waals surface area contributed by atoms with Gasteiger partial charge in [0.05, 0.1) is 21.3 Å². The Morgan fingerprint density at radius 2 is 1.57 bits per heavy atom. The van der Waals surface area contributed by atoms with E-state index < -0.39 is 0 Å². The highest BCUT2D eigenvalue weighted by Crippen LogP contribution is 2.48. The van der Waals surface area contributed by atoms with Crippen molar-refractivity contribution in [1.82, 2.24) is 4.90 Å². The molecule has 1 saturated heterocycles. The van der Waals surface area contributed by atoms with Crippen LogP contribution in [0.5, 0.6) is 17.2 Å². The summed E-state index contributed by atoms with van der Waals surface area (Å²) in [5.74, 6) is 2.95. The van der Waals surface area contributed by atoms with Gasteiger partial charge in [-0.2, -0.15) is 0 Å². The lowest BCUT2D eigenvalue weighted by Crippen LogP contribution is -2.38. The molecule has 0 aliphatic carbocycles. The molecule has 0 aromatic heterocycles. The van der Waals surface area contributed by atoms with Crippen LogP contribution in [0.15, 0.2) is 30.3 Å². The molecule has 2 unspecified atom stereocenters. The zero-order valence-electron chi connectivity index (χ0n) is 17.0. The van der Waals surface area contributed by atoms with Crippen LogP contribution in [-0.4, -0.2) is 38.8 Å². The van der Waals surface area contributed by atoms with Gasteiger partial charge < -0.3 is 14.2 Å². The molecule has 146 valence electrons. The fraction of sp³-hybridized carbons (Fsp3) is 0.417. The van der Waals surface area contributed by atoms with E-state index in [-0.39, 0.29) is 0 Å². The fourth-order valence-corrected chi connectivity index (χ4v) is 5.47. The number of rotatable bonds is 3. The summed E-state index contributed by atoms with van der Waals surface area (Å²) < 4.78 is 16.8. The molecule has 0 bridgehead atoms.